The highest BCUT2D eigenvalue weighted by molar-refractivity contribution is 6.31. The summed E-state index contributed by atoms with van der Waals surface area (Å²) in [4.78, 5) is 13.4. The van der Waals surface area contributed by atoms with Crippen LogP contribution in [0.5, 0.6) is 0 Å². The lowest BCUT2D eigenvalue weighted by Crippen LogP contribution is -2.34. The van der Waals surface area contributed by atoms with Crippen molar-refractivity contribution in [1.29, 1.82) is 0 Å². The molecule has 0 aliphatic carbocycles. The molecule has 3 aromatic rings. The number of hydrogen-bond acceptors (Lipinski definition) is 3. The zero-order chi connectivity index (χ0) is 22.3. The second kappa shape index (κ2) is 8.16. The molecular weight excluding hydrogens is 431 g/mol. The van der Waals surface area contributed by atoms with Gasteiger partial charge in [0, 0.05) is 31.4 Å². The third-order valence-corrected chi connectivity index (χ3v) is 6.09. The number of aromatic nitrogens is 2. The second-order valence-corrected chi connectivity index (χ2v) is 8.34. The molecule has 1 atom stereocenters. The van der Waals surface area contributed by atoms with E-state index in [1.807, 2.05) is 0 Å². The van der Waals surface area contributed by atoms with Crippen molar-refractivity contribution in [2.24, 2.45) is 7.05 Å². The molecule has 0 amide bonds. The van der Waals surface area contributed by atoms with Crippen molar-refractivity contribution in [3.05, 3.63) is 63.8 Å². The van der Waals surface area contributed by atoms with Crippen LogP contribution in [0.4, 0.5) is 13.2 Å². The van der Waals surface area contributed by atoms with Crippen LogP contribution in [-0.2, 0) is 19.8 Å². The van der Waals surface area contributed by atoms with Gasteiger partial charge in [0.1, 0.15) is 0 Å². The fraction of sp³-hybridized carbons (Fsp3) is 0.364. The molecule has 1 aliphatic heterocycles. The Morgan fingerprint density at radius 2 is 2.03 bits per heavy atom. The first kappa shape index (κ1) is 21.6. The van der Waals surface area contributed by atoms with Crippen LogP contribution in [0.3, 0.4) is 0 Å². The number of fused-ring (bicyclic) bond motifs is 1. The summed E-state index contributed by atoms with van der Waals surface area (Å²) < 4.78 is 41.2. The molecule has 1 aromatic heterocycles. The summed E-state index contributed by atoms with van der Waals surface area (Å²) in [5, 5.41) is 14.5. The number of halogens is 4. The number of carbonyl (C=O) groups is 1. The molecule has 1 aliphatic rings. The van der Waals surface area contributed by atoms with Gasteiger partial charge in [0.05, 0.1) is 27.4 Å². The Hall–Kier alpha value is -2.58. The first-order valence-electron chi connectivity index (χ1n) is 9.91. The highest BCUT2D eigenvalue weighted by Gasteiger charge is 2.33. The monoisotopic (exact) mass is 451 g/mol. The molecule has 164 valence electrons. The minimum absolute atomic E-state index is 0.113. The molecular formula is C22H21ClF3N3O2. The van der Waals surface area contributed by atoms with Crippen molar-refractivity contribution < 1.29 is 23.1 Å². The van der Waals surface area contributed by atoms with Gasteiger partial charge in [-0.3, -0.25) is 9.58 Å². The highest BCUT2D eigenvalue weighted by atomic mass is 35.5. The maximum atomic E-state index is 13.2. The maximum absolute atomic E-state index is 13.2. The first-order chi connectivity index (χ1) is 14.6. The quantitative estimate of drug-likeness (QED) is 0.583. The van der Waals surface area contributed by atoms with Gasteiger partial charge >= 0.3 is 12.1 Å². The van der Waals surface area contributed by atoms with Gasteiger partial charge in [-0.05, 0) is 49.2 Å². The van der Waals surface area contributed by atoms with Crippen LogP contribution in [0.1, 0.15) is 45.9 Å². The van der Waals surface area contributed by atoms with Crippen LogP contribution >= 0.6 is 11.6 Å². The van der Waals surface area contributed by atoms with Crippen molar-refractivity contribution in [1.82, 2.24) is 14.7 Å². The van der Waals surface area contributed by atoms with E-state index >= 15 is 0 Å². The minimum Gasteiger partial charge on any atom is -0.478 e. The van der Waals surface area contributed by atoms with E-state index in [9.17, 15) is 23.1 Å². The SMILES string of the molecule is Cn1nc(C2CCCN(Cc3ccc(Cl)c(C(F)(F)F)c3)C2)c2ccc(C(=O)O)cc21. The van der Waals surface area contributed by atoms with E-state index in [1.165, 1.54) is 6.07 Å². The van der Waals surface area contributed by atoms with Gasteiger partial charge in [0.15, 0.2) is 0 Å². The zero-order valence-electron chi connectivity index (χ0n) is 16.8. The average molecular weight is 452 g/mol. The number of rotatable bonds is 4. The lowest BCUT2D eigenvalue weighted by Gasteiger charge is -2.32. The smallest absolute Gasteiger partial charge is 0.417 e. The average Bonchev–Trinajstić information content (AvgIpc) is 3.05. The Morgan fingerprint density at radius 3 is 2.74 bits per heavy atom. The number of carboxylic acids is 1. The number of aromatic carboxylic acids is 1. The van der Waals surface area contributed by atoms with E-state index in [0.717, 1.165) is 42.0 Å². The fourth-order valence-corrected chi connectivity index (χ4v) is 4.51. The summed E-state index contributed by atoms with van der Waals surface area (Å²) in [6, 6.07) is 9.02. The molecule has 1 N–H and O–H groups in total. The fourth-order valence-electron chi connectivity index (χ4n) is 4.29. The lowest BCUT2D eigenvalue weighted by molar-refractivity contribution is -0.137. The Bertz CT molecular complexity index is 1140. The number of aryl methyl sites for hydroxylation is 1. The molecule has 1 saturated heterocycles. The maximum Gasteiger partial charge on any atom is 0.417 e. The first-order valence-corrected chi connectivity index (χ1v) is 10.3. The molecule has 0 spiro atoms. The molecule has 2 aromatic carbocycles. The van der Waals surface area contributed by atoms with Crippen molar-refractivity contribution in [2.75, 3.05) is 13.1 Å². The van der Waals surface area contributed by atoms with Gasteiger partial charge < -0.3 is 5.11 Å². The Morgan fingerprint density at radius 1 is 1.26 bits per heavy atom. The highest BCUT2D eigenvalue weighted by Crippen LogP contribution is 2.36. The van der Waals surface area contributed by atoms with E-state index in [1.54, 1.807) is 36.0 Å². The van der Waals surface area contributed by atoms with Gasteiger partial charge in [-0.1, -0.05) is 23.7 Å². The molecule has 5 nitrogen and oxygen atoms in total. The van der Waals surface area contributed by atoms with Crippen molar-refractivity contribution in [2.45, 2.75) is 31.5 Å². The van der Waals surface area contributed by atoms with E-state index < -0.39 is 17.7 Å². The largest absolute Gasteiger partial charge is 0.478 e. The normalized spacial score (nSPS) is 17.9. The predicted octanol–water partition coefficient (Wildman–Crippen LogP) is 5.32. The van der Waals surface area contributed by atoms with Crippen LogP contribution in [-0.4, -0.2) is 38.8 Å². The topological polar surface area (TPSA) is 58.4 Å². The number of carboxylic acid groups (broad SMARTS) is 1. The molecule has 2 heterocycles. The van der Waals surface area contributed by atoms with Gasteiger partial charge in [0.25, 0.3) is 0 Å². The Kier molecular flexibility index (Phi) is 5.70. The molecule has 31 heavy (non-hydrogen) atoms. The molecule has 1 fully saturated rings. The van der Waals surface area contributed by atoms with E-state index in [-0.39, 0.29) is 16.5 Å². The summed E-state index contributed by atoms with van der Waals surface area (Å²) >= 11 is 5.73. The number of alkyl halides is 3. The third kappa shape index (κ3) is 4.41. The zero-order valence-corrected chi connectivity index (χ0v) is 17.5. The standard InChI is InChI=1S/C22H21ClF3N3O2/c1-28-19-10-14(21(30)31)5-6-16(19)20(27-28)15-3-2-8-29(12-15)11-13-4-7-18(23)17(9-13)22(24,25)26/h4-7,9-10,15H,2-3,8,11-12H2,1H3,(H,30,31). The van der Waals surface area contributed by atoms with Crippen LogP contribution in [0, 0.1) is 0 Å². The summed E-state index contributed by atoms with van der Waals surface area (Å²) in [5.74, 6) is -0.878. The molecule has 1 unspecified atom stereocenters. The van der Waals surface area contributed by atoms with Crippen LogP contribution in [0.2, 0.25) is 5.02 Å². The van der Waals surface area contributed by atoms with E-state index in [4.69, 9.17) is 11.6 Å². The van der Waals surface area contributed by atoms with Crippen molar-refractivity contribution in [3.8, 4) is 0 Å². The minimum atomic E-state index is -4.49. The van der Waals surface area contributed by atoms with Crippen LogP contribution in [0.15, 0.2) is 36.4 Å². The summed E-state index contributed by atoms with van der Waals surface area (Å²) in [5.41, 5.74) is 1.60. The number of hydrogen-bond donors (Lipinski definition) is 1. The lowest BCUT2D eigenvalue weighted by atomic mass is 9.92. The Balaban J connectivity index is 1.56. The number of likely N-dealkylation sites (tertiary alicyclic amines) is 1. The van der Waals surface area contributed by atoms with Gasteiger partial charge in [-0.15, -0.1) is 0 Å². The third-order valence-electron chi connectivity index (χ3n) is 5.76. The second-order valence-electron chi connectivity index (χ2n) is 7.93. The molecule has 4 rings (SSSR count). The van der Waals surface area contributed by atoms with Crippen LogP contribution in [0.25, 0.3) is 10.9 Å². The number of nitrogens with zero attached hydrogens (tertiary/aromatic N) is 3. The summed E-state index contributed by atoms with van der Waals surface area (Å²) in [6.07, 6.45) is -2.67. The van der Waals surface area contributed by atoms with Crippen LogP contribution < -0.4 is 0 Å². The van der Waals surface area contributed by atoms with Crippen molar-refractivity contribution >= 4 is 28.5 Å². The molecule has 0 bridgehead atoms. The summed E-state index contributed by atoms with van der Waals surface area (Å²) in [6.45, 7) is 1.84. The van der Waals surface area contributed by atoms with E-state index in [0.29, 0.717) is 18.7 Å². The predicted molar refractivity (Wildman–Crippen MR) is 111 cm³/mol. The van der Waals surface area contributed by atoms with Gasteiger partial charge in [-0.25, -0.2) is 4.79 Å². The van der Waals surface area contributed by atoms with E-state index in [2.05, 4.69) is 10.00 Å². The van der Waals surface area contributed by atoms with Gasteiger partial charge in [-0.2, -0.15) is 18.3 Å². The molecule has 0 radical (unpaired) electrons. The number of benzene rings is 2. The Labute approximate surface area is 182 Å². The number of piperidine rings is 1. The molecule has 9 heteroatoms. The van der Waals surface area contributed by atoms with Crippen molar-refractivity contribution in [3.63, 3.8) is 0 Å². The molecule has 0 saturated carbocycles. The van der Waals surface area contributed by atoms with Gasteiger partial charge in [0.2, 0.25) is 0 Å². The summed E-state index contributed by atoms with van der Waals surface area (Å²) in [7, 11) is 1.78.